The van der Waals surface area contributed by atoms with Gasteiger partial charge in [-0.2, -0.15) is 0 Å². The van der Waals surface area contributed by atoms with E-state index >= 15 is 0 Å². The number of nitrogens with one attached hydrogen (secondary N) is 4. The van der Waals surface area contributed by atoms with Gasteiger partial charge in [0.05, 0.1) is 34.7 Å². The number of aromatic amines is 1. The van der Waals surface area contributed by atoms with Crippen molar-refractivity contribution >= 4 is 78.9 Å². The quantitative estimate of drug-likeness (QED) is 0.0180. The van der Waals surface area contributed by atoms with E-state index in [0.29, 0.717) is 68.0 Å². The van der Waals surface area contributed by atoms with E-state index in [1.165, 1.54) is 54.3 Å². The van der Waals surface area contributed by atoms with Gasteiger partial charge in [-0.15, -0.1) is 0 Å². The lowest BCUT2D eigenvalue weighted by atomic mass is 9.72. The number of rotatable bonds is 25. The number of halogens is 1. The molecule has 4 aromatic carbocycles. The number of piperazine rings is 1. The van der Waals surface area contributed by atoms with Crippen LogP contribution in [0.2, 0.25) is 5.02 Å². The molecule has 0 bridgehead atoms. The zero-order valence-electron chi connectivity index (χ0n) is 53.8. The molecule has 4 amide bonds. The SMILES string of the molecule is CC1(C)CCC(CN2CCN(c3ccc(C(=O)NS(=O)(=O)c4ccc(NCC5CCN(C6CCN(CCCCCCCCOc7cccc8c7CN(C7CCC(=O)NC7=O)C8=O)CC6)CC5)c([N+](=O)[O-])c4)c(Oc4cnc5[nH]ccc5c4)c3)CC2)=C(c2ccc(Cl)cc2)C1. The molecule has 7 heterocycles. The summed E-state index contributed by atoms with van der Waals surface area (Å²) in [7, 11) is -4.61. The van der Waals surface area contributed by atoms with Crippen LogP contribution in [0.1, 0.15) is 142 Å². The van der Waals surface area contributed by atoms with Gasteiger partial charge in [-0.1, -0.05) is 74.9 Å². The van der Waals surface area contributed by atoms with Gasteiger partial charge in [0.2, 0.25) is 11.8 Å². The summed E-state index contributed by atoms with van der Waals surface area (Å²) in [5.74, 6) is -0.442. The van der Waals surface area contributed by atoms with Crippen molar-refractivity contribution in [2.45, 2.75) is 134 Å². The van der Waals surface area contributed by atoms with E-state index in [0.717, 1.165) is 144 Å². The van der Waals surface area contributed by atoms with Crippen molar-refractivity contribution in [3.05, 3.63) is 146 Å². The average Bonchev–Trinajstić information content (AvgIpc) is 1.70. The summed E-state index contributed by atoms with van der Waals surface area (Å²) in [6.07, 6.45) is 17.8. The number of ether oxygens (including phenoxy) is 2. The third-order valence-electron chi connectivity index (χ3n) is 20.0. The van der Waals surface area contributed by atoms with E-state index in [1.54, 1.807) is 41.4 Å². The summed E-state index contributed by atoms with van der Waals surface area (Å²) in [5, 5.41) is 19.7. The fourth-order valence-corrected chi connectivity index (χ4v) is 15.6. The van der Waals surface area contributed by atoms with Crippen LogP contribution in [0.5, 0.6) is 17.2 Å². The Balaban J connectivity index is 0.577. The number of nitrogens with zero attached hydrogens (tertiary/aromatic N) is 7. The summed E-state index contributed by atoms with van der Waals surface area (Å²) in [6.45, 7) is 15.1. The number of anilines is 2. The van der Waals surface area contributed by atoms with Crippen LogP contribution in [0, 0.1) is 21.4 Å². The van der Waals surface area contributed by atoms with Crippen LogP contribution in [-0.4, -0.2) is 157 Å². The van der Waals surface area contributed by atoms with Crippen molar-refractivity contribution < 1.29 is 42.0 Å². The molecule has 12 rings (SSSR count). The molecule has 6 aromatic rings. The molecule has 0 spiro atoms. The average molecular weight is 1320 g/mol. The van der Waals surface area contributed by atoms with Gasteiger partial charge < -0.3 is 39.4 Å². The number of sulfonamides is 1. The van der Waals surface area contributed by atoms with E-state index in [9.17, 15) is 37.7 Å². The Morgan fingerprint density at radius 1 is 0.819 bits per heavy atom. The van der Waals surface area contributed by atoms with E-state index in [1.807, 2.05) is 30.3 Å². The second-order valence-electron chi connectivity index (χ2n) is 27.0. The summed E-state index contributed by atoms with van der Waals surface area (Å²) < 4.78 is 42.8. The van der Waals surface area contributed by atoms with Crippen molar-refractivity contribution in [3.8, 4) is 17.2 Å². The minimum Gasteiger partial charge on any atom is -0.493 e. The Labute approximate surface area is 555 Å². The van der Waals surface area contributed by atoms with Crippen molar-refractivity contribution in [2.24, 2.45) is 11.3 Å². The van der Waals surface area contributed by atoms with E-state index in [2.05, 4.69) is 70.9 Å². The van der Waals surface area contributed by atoms with Gasteiger partial charge in [0.1, 0.15) is 34.6 Å². The molecule has 4 fully saturated rings. The van der Waals surface area contributed by atoms with Crippen molar-refractivity contribution in [1.82, 2.24) is 39.6 Å². The smallest absolute Gasteiger partial charge is 0.293 e. The van der Waals surface area contributed by atoms with Gasteiger partial charge >= 0.3 is 0 Å². The molecule has 498 valence electrons. The predicted octanol–water partition coefficient (Wildman–Crippen LogP) is 11.6. The zero-order chi connectivity index (χ0) is 65.5. The number of piperidine rings is 3. The predicted molar refractivity (Wildman–Crippen MR) is 363 cm³/mol. The molecule has 23 heteroatoms. The maximum atomic E-state index is 14.2. The molecular weight excluding hydrogens is 1230 g/mol. The Kier molecular flexibility index (Phi) is 20.7. The molecule has 2 aromatic heterocycles. The summed E-state index contributed by atoms with van der Waals surface area (Å²) >= 11 is 6.28. The Morgan fingerprint density at radius 3 is 2.35 bits per heavy atom. The van der Waals surface area contributed by atoms with Crippen LogP contribution in [-0.2, 0) is 26.2 Å². The first-order valence-electron chi connectivity index (χ1n) is 33.5. The van der Waals surface area contributed by atoms with Crippen LogP contribution in [0.3, 0.4) is 0 Å². The highest BCUT2D eigenvalue weighted by Gasteiger charge is 2.41. The topological polar surface area (TPSA) is 245 Å². The fraction of sp³-hybridized carbons (Fsp3) is 0.479. The minimum absolute atomic E-state index is 0.0404. The summed E-state index contributed by atoms with van der Waals surface area (Å²) in [5.41, 5.74) is 6.90. The molecule has 94 heavy (non-hydrogen) atoms. The number of hydrogen-bond donors (Lipinski definition) is 4. The number of amides is 4. The molecule has 4 N–H and O–H groups in total. The van der Waals surface area contributed by atoms with Gasteiger partial charge in [-0.3, -0.25) is 39.5 Å². The number of allylic oxidation sites excluding steroid dienone is 1. The Morgan fingerprint density at radius 2 is 1.59 bits per heavy atom. The maximum Gasteiger partial charge on any atom is 0.293 e. The molecule has 0 saturated carbocycles. The first-order valence-corrected chi connectivity index (χ1v) is 35.4. The highest BCUT2D eigenvalue weighted by atomic mass is 35.5. The third kappa shape index (κ3) is 15.9. The molecule has 21 nitrogen and oxygen atoms in total. The monoisotopic (exact) mass is 1320 g/mol. The van der Waals surface area contributed by atoms with E-state index in [-0.39, 0.29) is 46.6 Å². The third-order valence-corrected chi connectivity index (χ3v) is 21.6. The van der Waals surface area contributed by atoms with Crippen molar-refractivity contribution in [1.29, 1.82) is 0 Å². The molecule has 4 saturated heterocycles. The van der Waals surface area contributed by atoms with E-state index in [4.69, 9.17) is 21.1 Å². The number of aromatic nitrogens is 2. The largest absolute Gasteiger partial charge is 0.493 e. The number of fused-ring (bicyclic) bond motifs is 2. The number of benzene rings is 4. The molecule has 1 aliphatic carbocycles. The molecule has 1 unspecified atom stereocenters. The minimum atomic E-state index is -4.61. The number of H-pyrrole nitrogens is 1. The van der Waals surface area contributed by atoms with Crippen molar-refractivity contribution in [2.75, 3.05) is 88.8 Å². The molecule has 1 atom stereocenters. The standard InChI is InChI=1S/C71H86ClN11O10S/c1-71(2)28-22-51(59(43-71)49-12-14-52(72)15-13-49)46-79-35-37-81(38-36-79)54-16-18-58(65(41-54)93-55-40-50-23-29-73-67(50)75-45-55)68(85)77-94(90,91)56-17-19-61(63(42-56)83(88)89)74-44-48-24-33-80(34-25-48)53-26-31-78(32-27-53)30-7-5-3-4-6-8-39-92-64-11-9-10-57-60(64)47-82(70(57)87)62-20-21-66(84)76-69(62)86/h9-19,23,29,40-42,45,48,53,62,74H,3-8,20-22,24-28,30-39,43-44,46-47H2,1-2H3,(H,73,75)(H,77,85)(H,76,84,86). The van der Waals surface area contributed by atoms with Crippen molar-refractivity contribution in [3.63, 3.8) is 0 Å². The van der Waals surface area contributed by atoms with Gasteiger partial charge in [0.25, 0.3) is 27.5 Å². The summed E-state index contributed by atoms with van der Waals surface area (Å²) in [6, 6.07) is 26.0. The van der Waals surface area contributed by atoms with Crippen LogP contribution < -0.4 is 29.7 Å². The number of carbonyl (C=O) groups is 4. The normalized spacial score (nSPS) is 19.6. The van der Waals surface area contributed by atoms with Gasteiger partial charge in [0.15, 0.2) is 0 Å². The highest BCUT2D eigenvalue weighted by Crippen LogP contribution is 2.44. The second-order valence-corrected chi connectivity index (χ2v) is 29.1. The molecule has 0 radical (unpaired) electrons. The molecule has 5 aliphatic heterocycles. The van der Waals surface area contributed by atoms with Crippen LogP contribution in [0.25, 0.3) is 16.6 Å². The van der Waals surface area contributed by atoms with E-state index < -0.39 is 43.4 Å². The fourth-order valence-electron chi connectivity index (χ4n) is 14.5. The van der Waals surface area contributed by atoms with Gasteiger partial charge in [0, 0.05) is 97.3 Å². The number of unbranched alkanes of at least 4 members (excludes halogenated alkanes) is 5. The first kappa shape index (κ1) is 66.1. The number of carbonyl (C=O) groups excluding carboxylic acids is 4. The van der Waals surface area contributed by atoms with Gasteiger partial charge in [-0.25, -0.2) is 18.1 Å². The second kappa shape index (κ2) is 29.4. The van der Waals surface area contributed by atoms with Crippen LogP contribution in [0.15, 0.2) is 114 Å². The number of imide groups is 1. The van der Waals surface area contributed by atoms with Gasteiger partial charge in [-0.05, 0) is 180 Å². The number of pyridine rings is 1. The number of nitro benzene ring substituents is 1. The Bertz CT molecular complexity index is 3910. The number of hydrogen-bond acceptors (Lipinski definition) is 16. The first-order chi connectivity index (χ1) is 45.4. The molecular formula is C71H86ClN11O10S. The summed E-state index contributed by atoms with van der Waals surface area (Å²) in [4.78, 5) is 82.1. The number of likely N-dealkylation sites (tertiary alicyclic amines) is 2. The highest BCUT2D eigenvalue weighted by molar-refractivity contribution is 7.90. The number of nitro groups is 1. The maximum absolute atomic E-state index is 14.2. The lowest BCUT2D eigenvalue weighted by Gasteiger charge is -2.42. The van der Waals surface area contributed by atoms with Crippen LogP contribution >= 0.6 is 11.6 Å². The zero-order valence-corrected chi connectivity index (χ0v) is 55.4. The lowest BCUT2D eigenvalue weighted by molar-refractivity contribution is -0.384. The lowest BCUT2D eigenvalue weighted by Crippen LogP contribution is -2.52. The van der Waals surface area contributed by atoms with Crippen LogP contribution in [0.4, 0.5) is 17.1 Å². The Hall–Kier alpha value is -7.89. The molecule has 6 aliphatic rings.